The first-order chi connectivity index (χ1) is 19.9. The highest BCUT2D eigenvalue weighted by atomic mass is 35.5. The lowest BCUT2D eigenvalue weighted by molar-refractivity contribution is -0.122. The number of carbonyl (C=O) groups excluding carboxylic acids is 1. The van der Waals surface area contributed by atoms with E-state index in [4.69, 9.17) is 11.6 Å². The molecule has 214 valence electrons. The molecule has 41 heavy (non-hydrogen) atoms. The lowest BCUT2D eigenvalue weighted by Gasteiger charge is -2.27. The molecule has 1 aliphatic rings. The third-order valence-electron chi connectivity index (χ3n) is 7.22. The van der Waals surface area contributed by atoms with Gasteiger partial charge in [0, 0.05) is 48.2 Å². The molecule has 0 aliphatic heterocycles. The SMILES string of the molecule is O=C(NCc1ccc(F)cc1F)C(CC1CCCCC1)Nc1cc(-n2ccnc2)nc(NCc2cccc(Cl)c2)n1. The van der Waals surface area contributed by atoms with Gasteiger partial charge in [-0.15, -0.1) is 0 Å². The first-order valence-corrected chi connectivity index (χ1v) is 14.1. The summed E-state index contributed by atoms with van der Waals surface area (Å²) in [5, 5.41) is 10.0. The number of nitrogens with one attached hydrogen (secondary N) is 3. The van der Waals surface area contributed by atoms with Crippen molar-refractivity contribution in [1.29, 1.82) is 0 Å². The van der Waals surface area contributed by atoms with Crippen molar-refractivity contribution < 1.29 is 13.6 Å². The van der Waals surface area contributed by atoms with E-state index in [1.54, 1.807) is 29.4 Å². The molecule has 0 spiro atoms. The van der Waals surface area contributed by atoms with Gasteiger partial charge < -0.3 is 16.0 Å². The van der Waals surface area contributed by atoms with Crippen LogP contribution in [0.25, 0.3) is 5.82 Å². The minimum atomic E-state index is -0.696. The number of benzene rings is 2. The smallest absolute Gasteiger partial charge is 0.242 e. The predicted molar refractivity (Wildman–Crippen MR) is 155 cm³/mol. The molecule has 1 unspecified atom stereocenters. The van der Waals surface area contributed by atoms with Gasteiger partial charge in [-0.05, 0) is 36.1 Å². The Morgan fingerprint density at radius 3 is 2.66 bits per heavy atom. The van der Waals surface area contributed by atoms with Crippen LogP contribution < -0.4 is 16.0 Å². The molecule has 2 aromatic carbocycles. The number of hydrogen-bond acceptors (Lipinski definition) is 6. The number of amides is 1. The van der Waals surface area contributed by atoms with Crippen LogP contribution in [0.4, 0.5) is 20.5 Å². The maximum atomic E-state index is 14.2. The number of hydrogen-bond donors (Lipinski definition) is 3. The maximum absolute atomic E-state index is 14.2. The van der Waals surface area contributed by atoms with Crippen LogP contribution in [0.5, 0.6) is 0 Å². The van der Waals surface area contributed by atoms with Gasteiger partial charge in [0.05, 0.1) is 0 Å². The Hall–Kier alpha value is -4.05. The van der Waals surface area contributed by atoms with Crippen molar-refractivity contribution in [3.63, 3.8) is 0 Å². The van der Waals surface area contributed by atoms with Crippen molar-refractivity contribution in [3.8, 4) is 5.82 Å². The molecular weight excluding hydrogens is 548 g/mol. The predicted octanol–water partition coefficient (Wildman–Crippen LogP) is 6.27. The minimum Gasteiger partial charge on any atom is -0.358 e. The number of imidazole rings is 1. The zero-order valence-electron chi connectivity index (χ0n) is 22.5. The number of anilines is 2. The van der Waals surface area contributed by atoms with Crippen molar-refractivity contribution >= 4 is 29.3 Å². The number of aromatic nitrogens is 4. The first kappa shape index (κ1) is 28.5. The van der Waals surface area contributed by atoms with Crippen LogP contribution in [-0.4, -0.2) is 31.5 Å². The summed E-state index contributed by atoms with van der Waals surface area (Å²) in [4.78, 5) is 26.9. The Morgan fingerprint density at radius 2 is 1.90 bits per heavy atom. The zero-order valence-corrected chi connectivity index (χ0v) is 23.2. The molecule has 0 radical (unpaired) electrons. The van der Waals surface area contributed by atoms with E-state index in [0.717, 1.165) is 37.3 Å². The molecule has 2 heterocycles. The van der Waals surface area contributed by atoms with Gasteiger partial charge in [-0.3, -0.25) is 9.36 Å². The maximum Gasteiger partial charge on any atom is 0.242 e. The van der Waals surface area contributed by atoms with Crippen LogP contribution in [0.1, 0.15) is 49.7 Å². The summed E-state index contributed by atoms with van der Waals surface area (Å²) >= 11 is 6.14. The molecule has 1 amide bonds. The number of rotatable bonds is 11. The van der Waals surface area contributed by atoms with Crippen LogP contribution in [0.15, 0.2) is 67.3 Å². The lowest BCUT2D eigenvalue weighted by Crippen LogP contribution is -2.41. The summed E-state index contributed by atoms with van der Waals surface area (Å²) in [7, 11) is 0. The Morgan fingerprint density at radius 1 is 1.05 bits per heavy atom. The third-order valence-corrected chi connectivity index (χ3v) is 7.46. The molecule has 0 saturated heterocycles. The molecule has 1 atom stereocenters. The van der Waals surface area contributed by atoms with Crippen LogP contribution in [0.3, 0.4) is 0 Å². The molecule has 5 rings (SSSR count). The van der Waals surface area contributed by atoms with Crippen molar-refractivity contribution in [2.45, 2.75) is 57.7 Å². The highest BCUT2D eigenvalue weighted by molar-refractivity contribution is 6.30. The molecule has 1 saturated carbocycles. The molecule has 1 aliphatic carbocycles. The van der Waals surface area contributed by atoms with E-state index in [1.807, 2.05) is 24.3 Å². The Balaban J connectivity index is 1.37. The van der Waals surface area contributed by atoms with Gasteiger partial charge in [-0.2, -0.15) is 9.97 Å². The molecule has 4 aromatic rings. The van der Waals surface area contributed by atoms with Crippen LogP contribution in [0.2, 0.25) is 5.02 Å². The van der Waals surface area contributed by atoms with Gasteiger partial charge in [0.1, 0.15) is 35.6 Å². The van der Waals surface area contributed by atoms with Crippen molar-refractivity contribution in [3.05, 3.63) is 95.0 Å². The molecule has 2 aromatic heterocycles. The average Bonchev–Trinajstić information content (AvgIpc) is 3.51. The average molecular weight is 580 g/mol. The lowest BCUT2D eigenvalue weighted by atomic mass is 9.84. The van der Waals surface area contributed by atoms with Gasteiger partial charge >= 0.3 is 0 Å². The van der Waals surface area contributed by atoms with Gasteiger partial charge in [0.15, 0.2) is 0 Å². The number of halogens is 3. The molecule has 8 nitrogen and oxygen atoms in total. The highest BCUT2D eigenvalue weighted by Gasteiger charge is 2.25. The summed E-state index contributed by atoms with van der Waals surface area (Å²) < 4.78 is 29.3. The first-order valence-electron chi connectivity index (χ1n) is 13.8. The summed E-state index contributed by atoms with van der Waals surface area (Å²) in [5.41, 5.74) is 1.18. The Labute approximate surface area is 242 Å². The fourth-order valence-corrected chi connectivity index (χ4v) is 5.29. The largest absolute Gasteiger partial charge is 0.358 e. The second-order valence-corrected chi connectivity index (χ2v) is 10.7. The molecule has 11 heteroatoms. The van der Waals surface area contributed by atoms with Gasteiger partial charge in [-0.25, -0.2) is 13.8 Å². The summed E-state index contributed by atoms with van der Waals surface area (Å²) in [6, 6.07) is 12.0. The topological polar surface area (TPSA) is 96.8 Å². The van der Waals surface area contributed by atoms with E-state index in [2.05, 4.69) is 30.9 Å². The van der Waals surface area contributed by atoms with Gasteiger partial charge in [0.25, 0.3) is 0 Å². The normalized spacial score (nSPS) is 14.4. The van der Waals surface area contributed by atoms with Crippen LogP contribution in [0, 0.1) is 17.6 Å². The quantitative estimate of drug-likeness (QED) is 0.194. The zero-order chi connectivity index (χ0) is 28.6. The molecule has 1 fully saturated rings. The molecule has 0 bridgehead atoms. The Bertz CT molecular complexity index is 1460. The standard InChI is InChI=1S/C30H32ClF2N7O/c31-23-8-4-7-21(13-23)17-36-30-38-27(16-28(39-30)40-12-11-34-19-40)37-26(14-20-5-2-1-3-6-20)29(41)35-18-22-9-10-24(32)15-25(22)33/h4,7-13,15-16,19-20,26H,1-3,5-6,14,17-18H2,(H,35,41)(H2,36,37,38,39). The van der Waals surface area contributed by atoms with Crippen molar-refractivity contribution in [2.75, 3.05) is 10.6 Å². The van der Waals surface area contributed by atoms with Gasteiger partial charge in [0.2, 0.25) is 11.9 Å². The van der Waals surface area contributed by atoms with Crippen LogP contribution >= 0.6 is 11.6 Å². The van der Waals surface area contributed by atoms with E-state index in [9.17, 15) is 13.6 Å². The van der Waals surface area contributed by atoms with Crippen LogP contribution in [-0.2, 0) is 17.9 Å². The van der Waals surface area contributed by atoms with E-state index < -0.39 is 17.7 Å². The molecule has 3 N–H and O–H groups in total. The molecular formula is C30H32ClF2N7O. The van der Waals surface area contributed by atoms with Crippen molar-refractivity contribution in [1.82, 2.24) is 24.8 Å². The fourth-order valence-electron chi connectivity index (χ4n) is 5.08. The van der Waals surface area contributed by atoms with E-state index in [1.165, 1.54) is 18.6 Å². The van der Waals surface area contributed by atoms with E-state index in [-0.39, 0.29) is 18.0 Å². The van der Waals surface area contributed by atoms with E-state index in [0.29, 0.717) is 41.5 Å². The fraction of sp³-hybridized carbons (Fsp3) is 0.333. The Kier molecular flexibility index (Phi) is 9.40. The summed E-state index contributed by atoms with van der Waals surface area (Å²) in [6.07, 6.45) is 11.2. The second kappa shape index (κ2) is 13.5. The summed E-state index contributed by atoms with van der Waals surface area (Å²) in [5.74, 6) is 0.134. The highest BCUT2D eigenvalue weighted by Crippen LogP contribution is 2.28. The number of nitrogens with zero attached hydrogens (tertiary/aromatic N) is 4. The minimum absolute atomic E-state index is 0.0513. The monoisotopic (exact) mass is 579 g/mol. The van der Waals surface area contributed by atoms with Gasteiger partial charge in [-0.1, -0.05) is 61.9 Å². The second-order valence-electron chi connectivity index (χ2n) is 10.3. The number of carbonyl (C=O) groups is 1. The summed E-state index contributed by atoms with van der Waals surface area (Å²) in [6.45, 7) is 0.396. The van der Waals surface area contributed by atoms with Crippen molar-refractivity contribution in [2.24, 2.45) is 5.92 Å². The van der Waals surface area contributed by atoms with E-state index >= 15 is 0 Å². The third kappa shape index (κ3) is 8.00.